The molecule has 0 aliphatic carbocycles. The van der Waals surface area contributed by atoms with E-state index in [-0.39, 0.29) is 30.1 Å². The lowest BCUT2D eigenvalue weighted by atomic mass is 10.0. The van der Waals surface area contributed by atoms with Crippen LogP contribution in [0, 0.1) is 6.92 Å². The van der Waals surface area contributed by atoms with E-state index in [0.29, 0.717) is 16.2 Å². The Labute approximate surface area is 286 Å². The fraction of sp³-hybridized carbons (Fsp3) is 0.364. The fourth-order valence-corrected chi connectivity index (χ4v) is 5.34. The number of benzene rings is 3. The predicted molar refractivity (Wildman–Crippen MR) is 173 cm³/mol. The molecule has 0 saturated heterocycles. The highest BCUT2D eigenvalue weighted by Gasteiger charge is 2.41. The van der Waals surface area contributed by atoms with Crippen molar-refractivity contribution in [2.75, 3.05) is 13.2 Å². The van der Waals surface area contributed by atoms with Gasteiger partial charge in [0.1, 0.15) is 36.6 Å². The number of carbonyl (C=O) groups excluding carboxylic acids is 2. The van der Waals surface area contributed by atoms with Gasteiger partial charge in [-0.25, -0.2) is 14.5 Å². The second-order valence-electron chi connectivity index (χ2n) is 11.9. The summed E-state index contributed by atoms with van der Waals surface area (Å²) in [5.41, 5.74) is 8.43. The molecule has 0 aliphatic rings. The van der Waals surface area contributed by atoms with Crippen molar-refractivity contribution in [1.29, 1.82) is 0 Å². The molecule has 268 valence electrons. The zero-order valence-corrected chi connectivity index (χ0v) is 28.3. The Balaban J connectivity index is 1.77. The molecule has 1 N–H and O–H groups in total. The lowest BCUT2D eigenvalue weighted by Crippen LogP contribution is -2.54. The van der Waals surface area contributed by atoms with Gasteiger partial charge in [-0.15, -0.1) is 0 Å². The molecule has 50 heavy (non-hydrogen) atoms. The average molecular weight is 721 g/mol. The molecule has 0 spiro atoms. The van der Waals surface area contributed by atoms with E-state index >= 15 is 0 Å². The van der Waals surface area contributed by atoms with E-state index < -0.39 is 63.9 Å². The van der Waals surface area contributed by atoms with Crippen molar-refractivity contribution in [3.63, 3.8) is 0 Å². The van der Waals surface area contributed by atoms with Gasteiger partial charge < -0.3 is 14.6 Å². The quantitative estimate of drug-likeness (QED) is 0.0640. The summed E-state index contributed by atoms with van der Waals surface area (Å²) >= 11 is 0. The van der Waals surface area contributed by atoms with Crippen LogP contribution >= 0.6 is 0 Å². The summed E-state index contributed by atoms with van der Waals surface area (Å²) in [7, 11) is -3.99. The second kappa shape index (κ2) is 16.5. The van der Waals surface area contributed by atoms with Crippen molar-refractivity contribution < 1.29 is 54.7 Å². The molecule has 3 rings (SSSR count). The Morgan fingerprint density at radius 2 is 1.46 bits per heavy atom. The van der Waals surface area contributed by atoms with Gasteiger partial charge in [-0.3, -0.25) is 8.98 Å². The van der Waals surface area contributed by atoms with Crippen molar-refractivity contribution in [2.45, 2.75) is 69.3 Å². The number of carbonyl (C=O) groups is 3. The largest absolute Gasteiger partial charge is 0.491 e. The van der Waals surface area contributed by atoms with Crippen LogP contribution in [0.5, 0.6) is 5.75 Å². The molecule has 13 nitrogen and oxygen atoms in total. The molecule has 3 aromatic carbocycles. The molecule has 0 fully saturated rings. The SMILES string of the molecule is Cc1ccc(S(=O)(=O)OCCOc2ccc(C[C@H](N=[N+]=[N-])C(=O)N(C(=O)OC(C)(C)C)C(Cc3ccc(C(F)(F)F)cc3)C(=O)O)cc2)cc1. The Kier molecular flexibility index (Phi) is 13.0. The maximum atomic E-state index is 13.8. The predicted octanol–water partition coefficient (Wildman–Crippen LogP) is 6.48. The second-order valence-corrected chi connectivity index (χ2v) is 13.6. The first kappa shape index (κ1) is 39.3. The highest BCUT2D eigenvalue weighted by atomic mass is 32.2. The number of alkyl halides is 3. The molecule has 0 aliphatic heterocycles. The molecule has 3 aromatic rings. The van der Waals surface area contributed by atoms with Crippen molar-refractivity contribution >= 4 is 28.1 Å². The first-order valence-electron chi connectivity index (χ1n) is 15.0. The summed E-state index contributed by atoms with van der Waals surface area (Å²) in [6.45, 7) is 5.82. The third-order valence-corrected chi connectivity index (χ3v) is 8.19. The highest BCUT2D eigenvalue weighted by molar-refractivity contribution is 7.86. The minimum absolute atomic E-state index is 0.00363. The minimum atomic E-state index is -4.64. The maximum absolute atomic E-state index is 13.8. The number of amides is 2. The Hall–Kier alpha value is -5.12. The van der Waals surface area contributed by atoms with Crippen LogP contribution in [-0.4, -0.2) is 67.3 Å². The molecule has 0 bridgehead atoms. The molecule has 1 unspecified atom stereocenters. The molecule has 0 saturated carbocycles. The van der Waals surface area contributed by atoms with Gasteiger partial charge in [0.15, 0.2) is 0 Å². The van der Waals surface area contributed by atoms with E-state index in [0.717, 1.165) is 29.8 Å². The summed E-state index contributed by atoms with van der Waals surface area (Å²) in [6.07, 6.45) is -6.89. The number of aryl methyl sites for hydroxylation is 1. The molecular formula is C33H35F3N4O9S. The molecule has 0 aromatic heterocycles. The first-order chi connectivity index (χ1) is 23.3. The van der Waals surface area contributed by atoms with Gasteiger partial charge in [0.2, 0.25) is 5.91 Å². The summed E-state index contributed by atoms with van der Waals surface area (Å²) in [4.78, 5) is 42.5. The van der Waals surface area contributed by atoms with Crippen molar-refractivity contribution in [3.8, 4) is 5.75 Å². The Bertz CT molecular complexity index is 1810. The Morgan fingerprint density at radius 3 is 1.98 bits per heavy atom. The number of ether oxygens (including phenoxy) is 2. The summed E-state index contributed by atoms with van der Waals surface area (Å²) in [5, 5.41) is 13.6. The van der Waals surface area contributed by atoms with Crippen LogP contribution < -0.4 is 4.74 Å². The maximum Gasteiger partial charge on any atom is 0.417 e. The molecule has 2 atom stereocenters. The smallest absolute Gasteiger partial charge is 0.417 e. The molecule has 17 heteroatoms. The van der Waals surface area contributed by atoms with E-state index in [4.69, 9.17) is 13.7 Å². The van der Waals surface area contributed by atoms with Gasteiger partial charge in [0.05, 0.1) is 10.5 Å². The van der Waals surface area contributed by atoms with E-state index in [1.165, 1.54) is 57.2 Å². The normalized spacial score (nSPS) is 13.0. The molecular weight excluding hydrogens is 685 g/mol. The standard InChI is InChI=1S/C33H35F3N4O9S/c1-21-5-15-26(16-6-21)50(45,46)48-18-17-47-25-13-9-22(10-14-25)19-27(38-39-37)29(41)40(31(44)49-32(2,3)4)28(30(42)43)20-23-7-11-24(12-8-23)33(34,35)36/h5-16,27-28H,17-20H2,1-4H3,(H,42,43)/t27-,28?/m0/s1. The number of halogens is 3. The summed E-state index contributed by atoms with van der Waals surface area (Å²) in [5.74, 6) is -2.58. The molecule has 0 heterocycles. The zero-order valence-electron chi connectivity index (χ0n) is 27.5. The van der Waals surface area contributed by atoms with Crippen LogP contribution in [0.15, 0.2) is 82.8 Å². The van der Waals surface area contributed by atoms with Gasteiger partial charge >= 0.3 is 18.2 Å². The third-order valence-electron chi connectivity index (χ3n) is 6.86. The van der Waals surface area contributed by atoms with Gasteiger partial charge in [0.25, 0.3) is 10.1 Å². The summed E-state index contributed by atoms with van der Waals surface area (Å²) < 4.78 is 79.7. The number of carboxylic acids is 1. The van der Waals surface area contributed by atoms with Gasteiger partial charge in [-0.2, -0.15) is 21.6 Å². The average Bonchev–Trinajstić information content (AvgIpc) is 3.02. The van der Waals surface area contributed by atoms with Crippen LogP contribution in [-0.2, 0) is 47.6 Å². The number of carboxylic acid groups (broad SMARTS) is 1. The van der Waals surface area contributed by atoms with Crippen LogP contribution in [0.25, 0.3) is 10.4 Å². The van der Waals surface area contributed by atoms with E-state index in [1.807, 2.05) is 6.92 Å². The monoisotopic (exact) mass is 720 g/mol. The number of aliphatic carboxylic acids is 1. The molecule has 0 radical (unpaired) electrons. The number of rotatable bonds is 14. The fourth-order valence-electron chi connectivity index (χ4n) is 4.45. The molecule has 2 amide bonds. The topological polar surface area (TPSA) is 185 Å². The number of azide groups is 1. The van der Waals surface area contributed by atoms with Crippen molar-refractivity contribution in [3.05, 3.63) is 105 Å². The van der Waals surface area contributed by atoms with E-state index in [9.17, 15) is 46.6 Å². The number of nitrogens with zero attached hydrogens (tertiary/aromatic N) is 4. The number of hydrogen-bond donors (Lipinski definition) is 1. The van der Waals surface area contributed by atoms with Crippen molar-refractivity contribution in [1.82, 2.24) is 4.90 Å². The van der Waals surface area contributed by atoms with Crippen LogP contribution in [0.2, 0.25) is 0 Å². The Morgan fingerprint density at radius 1 is 0.900 bits per heavy atom. The summed E-state index contributed by atoms with van der Waals surface area (Å²) in [6, 6.07) is 12.0. The lowest BCUT2D eigenvalue weighted by Gasteiger charge is -2.31. The minimum Gasteiger partial charge on any atom is -0.491 e. The lowest BCUT2D eigenvalue weighted by molar-refractivity contribution is -0.150. The van der Waals surface area contributed by atoms with Crippen LogP contribution in [0.4, 0.5) is 18.0 Å². The highest BCUT2D eigenvalue weighted by Crippen LogP contribution is 2.29. The number of hydrogen-bond acceptors (Lipinski definition) is 9. The van der Waals surface area contributed by atoms with E-state index in [2.05, 4.69) is 10.0 Å². The van der Waals surface area contributed by atoms with Gasteiger partial charge in [-0.1, -0.05) is 47.1 Å². The first-order valence-corrected chi connectivity index (χ1v) is 16.4. The van der Waals surface area contributed by atoms with Crippen LogP contribution in [0.1, 0.15) is 43.0 Å². The van der Waals surface area contributed by atoms with Crippen LogP contribution in [0.3, 0.4) is 0 Å². The van der Waals surface area contributed by atoms with E-state index in [1.54, 1.807) is 12.1 Å². The van der Waals surface area contributed by atoms with Gasteiger partial charge in [-0.05, 0) is 87.2 Å². The van der Waals surface area contributed by atoms with Crippen molar-refractivity contribution in [2.24, 2.45) is 5.11 Å². The third kappa shape index (κ3) is 11.5. The zero-order chi connectivity index (χ0) is 37.3. The van der Waals surface area contributed by atoms with Gasteiger partial charge in [0, 0.05) is 11.3 Å². The number of imide groups is 1.